The van der Waals surface area contributed by atoms with Crippen molar-refractivity contribution < 1.29 is 4.79 Å². The van der Waals surface area contributed by atoms with Crippen molar-refractivity contribution in [2.45, 2.75) is 0 Å². The normalized spacial score (nSPS) is 10.8. The van der Waals surface area contributed by atoms with Gasteiger partial charge in [0, 0.05) is 6.20 Å². The summed E-state index contributed by atoms with van der Waals surface area (Å²) >= 11 is 0. The van der Waals surface area contributed by atoms with Crippen LogP contribution in [0.4, 0.5) is 0 Å². The van der Waals surface area contributed by atoms with Crippen LogP contribution in [-0.4, -0.2) is 13.0 Å². The van der Waals surface area contributed by atoms with Crippen LogP contribution in [0.1, 0.15) is 0 Å². The van der Waals surface area contributed by atoms with E-state index >= 15 is 0 Å². The molecule has 0 aliphatic rings. The first-order valence-corrected chi connectivity index (χ1v) is 3.26. The van der Waals surface area contributed by atoms with Crippen molar-refractivity contribution in [1.82, 2.24) is 10.9 Å². The molecule has 0 saturated heterocycles. The lowest BCUT2D eigenvalue weighted by Crippen LogP contribution is -2.24. The molecule has 2 N–H and O–H groups in total. The van der Waals surface area contributed by atoms with Crippen LogP contribution in [0.2, 0.25) is 0 Å². The van der Waals surface area contributed by atoms with Gasteiger partial charge in [-0.3, -0.25) is 10.2 Å². The molecule has 64 valence electrons. The van der Waals surface area contributed by atoms with E-state index in [-0.39, 0.29) is 0 Å². The van der Waals surface area contributed by atoms with E-state index in [1.807, 2.05) is 0 Å². The summed E-state index contributed by atoms with van der Waals surface area (Å²) in [5.74, 6) is 0.528. The van der Waals surface area contributed by atoms with Crippen LogP contribution in [0.5, 0.6) is 0 Å². The number of nitrogens with zero attached hydrogens (tertiary/aromatic N) is 1. The van der Waals surface area contributed by atoms with Gasteiger partial charge in [0.25, 0.3) is 0 Å². The molecular weight excluding hydrogens is 154 g/mol. The Morgan fingerprint density at radius 1 is 1.50 bits per heavy atom. The molecule has 0 bridgehead atoms. The number of hydrogen-bond acceptors (Lipinski definition) is 4. The highest BCUT2D eigenvalue weighted by molar-refractivity contribution is 5.64. The Morgan fingerprint density at radius 2 is 2.25 bits per heavy atom. The molecular formula is C8H11N3O. The minimum absolute atomic E-state index is 0.528. The number of aliphatic imine (C=N–C) groups is 1. The summed E-state index contributed by atoms with van der Waals surface area (Å²) in [4.78, 5) is 13.4. The van der Waals surface area contributed by atoms with Gasteiger partial charge in [-0.15, -0.1) is 0 Å². The fourth-order valence-electron chi connectivity index (χ4n) is 0.449. The van der Waals surface area contributed by atoms with Crippen LogP contribution in [0.15, 0.2) is 41.8 Å². The molecule has 0 aromatic carbocycles. The van der Waals surface area contributed by atoms with Crippen LogP contribution in [-0.2, 0) is 4.79 Å². The SMILES string of the molecule is C=C/C=C(\N=C)NNC=CC=O. The van der Waals surface area contributed by atoms with E-state index in [9.17, 15) is 4.79 Å². The van der Waals surface area contributed by atoms with E-state index in [4.69, 9.17) is 0 Å². The third-order valence-electron chi connectivity index (χ3n) is 0.904. The zero-order valence-electron chi connectivity index (χ0n) is 6.66. The van der Waals surface area contributed by atoms with Crippen LogP contribution >= 0.6 is 0 Å². The predicted molar refractivity (Wildman–Crippen MR) is 49.3 cm³/mol. The first-order valence-electron chi connectivity index (χ1n) is 3.26. The molecule has 4 heteroatoms. The van der Waals surface area contributed by atoms with Gasteiger partial charge in [-0.1, -0.05) is 12.7 Å². The molecule has 0 radical (unpaired) electrons. The Hall–Kier alpha value is -1.84. The van der Waals surface area contributed by atoms with Crippen LogP contribution in [0.25, 0.3) is 0 Å². The number of carbonyl (C=O) groups excluding carboxylic acids is 1. The standard InChI is InChI=1S/C8H11N3O/c1-3-5-8(9-2)11-10-6-4-7-12/h3-7,10-11H,1-2H2/b6-4?,8-5+. The van der Waals surface area contributed by atoms with Crippen molar-refractivity contribution >= 4 is 13.0 Å². The molecule has 0 aromatic heterocycles. The van der Waals surface area contributed by atoms with E-state index in [0.29, 0.717) is 12.1 Å². The van der Waals surface area contributed by atoms with E-state index in [2.05, 4.69) is 29.1 Å². The van der Waals surface area contributed by atoms with Crippen molar-refractivity contribution in [2.75, 3.05) is 0 Å². The van der Waals surface area contributed by atoms with E-state index in [0.717, 1.165) is 0 Å². The minimum Gasteiger partial charge on any atom is -0.307 e. The van der Waals surface area contributed by atoms with E-state index in [1.165, 1.54) is 12.3 Å². The van der Waals surface area contributed by atoms with Gasteiger partial charge in [0.05, 0.1) is 0 Å². The van der Waals surface area contributed by atoms with Gasteiger partial charge in [-0.2, -0.15) is 0 Å². The smallest absolute Gasteiger partial charge is 0.144 e. The summed E-state index contributed by atoms with van der Waals surface area (Å²) in [5, 5.41) is 0. The van der Waals surface area contributed by atoms with Gasteiger partial charge in [-0.05, 0) is 18.9 Å². The van der Waals surface area contributed by atoms with Crippen molar-refractivity contribution in [3.63, 3.8) is 0 Å². The van der Waals surface area contributed by atoms with Crippen molar-refractivity contribution in [3.05, 3.63) is 36.8 Å². The van der Waals surface area contributed by atoms with Gasteiger partial charge >= 0.3 is 0 Å². The number of allylic oxidation sites excluding steroid dienone is 3. The second-order valence-electron chi connectivity index (χ2n) is 1.71. The predicted octanol–water partition coefficient (Wildman–Crippen LogP) is 0.521. The topological polar surface area (TPSA) is 53.5 Å². The lowest BCUT2D eigenvalue weighted by molar-refractivity contribution is -0.104. The zero-order valence-corrected chi connectivity index (χ0v) is 6.66. The molecule has 4 nitrogen and oxygen atoms in total. The highest BCUT2D eigenvalue weighted by Crippen LogP contribution is 1.86. The number of rotatable bonds is 6. The zero-order chi connectivity index (χ0) is 9.23. The molecule has 0 atom stereocenters. The first-order chi connectivity index (χ1) is 5.85. The summed E-state index contributed by atoms with van der Waals surface area (Å²) < 4.78 is 0. The van der Waals surface area contributed by atoms with Crippen LogP contribution < -0.4 is 10.9 Å². The van der Waals surface area contributed by atoms with Crippen LogP contribution in [0.3, 0.4) is 0 Å². The highest BCUT2D eigenvalue weighted by Gasteiger charge is 1.83. The highest BCUT2D eigenvalue weighted by atomic mass is 16.1. The quantitative estimate of drug-likeness (QED) is 0.198. The second-order valence-corrected chi connectivity index (χ2v) is 1.71. The van der Waals surface area contributed by atoms with Gasteiger partial charge in [0.2, 0.25) is 0 Å². The number of carbonyl (C=O) groups is 1. The fourth-order valence-corrected chi connectivity index (χ4v) is 0.449. The lowest BCUT2D eigenvalue weighted by atomic mass is 10.5. The number of aldehydes is 1. The molecule has 0 aliphatic carbocycles. The Balaban J connectivity index is 3.80. The molecule has 0 aromatic rings. The molecule has 12 heavy (non-hydrogen) atoms. The number of hydrogen-bond donors (Lipinski definition) is 2. The van der Waals surface area contributed by atoms with Gasteiger partial charge in [-0.25, -0.2) is 4.99 Å². The first kappa shape index (κ1) is 10.2. The number of hydrazine groups is 1. The Labute approximate surface area is 71.4 Å². The minimum atomic E-state index is 0.528. The second kappa shape index (κ2) is 7.27. The molecule has 0 aliphatic heterocycles. The molecule has 0 fully saturated rings. The average molecular weight is 165 g/mol. The summed E-state index contributed by atoms with van der Waals surface area (Å²) in [6, 6.07) is 0. The summed E-state index contributed by atoms with van der Waals surface area (Å²) in [6.07, 6.45) is 6.61. The molecule has 0 amide bonds. The maximum Gasteiger partial charge on any atom is 0.144 e. The van der Waals surface area contributed by atoms with E-state index in [1.54, 1.807) is 12.2 Å². The van der Waals surface area contributed by atoms with Crippen molar-refractivity contribution in [3.8, 4) is 0 Å². The third-order valence-corrected chi connectivity index (χ3v) is 0.904. The number of nitrogens with one attached hydrogen (secondary N) is 2. The van der Waals surface area contributed by atoms with Gasteiger partial charge in [0.1, 0.15) is 12.1 Å². The maximum atomic E-state index is 9.82. The summed E-state index contributed by atoms with van der Waals surface area (Å²) in [5.41, 5.74) is 5.28. The van der Waals surface area contributed by atoms with Gasteiger partial charge < -0.3 is 5.43 Å². The third kappa shape index (κ3) is 4.99. The average Bonchev–Trinajstić information content (AvgIpc) is 2.10. The Bertz CT molecular complexity index is 218. The molecule has 0 saturated carbocycles. The largest absolute Gasteiger partial charge is 0.307 e. The maximum absolute atomic E-state index is 9.82. The van der Waals surface area contributed by atoms with Crippen LogP contribution in [0, 0.1) is 0 Å². The molecule has 0 rings (SSSR count). The molecule has 0 unspecified atom stereocenters. The van der Waals surface area contributed by atoms with Crippen molar-refractivity contribution in [1.29, 1.82) is 0 Å². The lowest BCUT2D eigenvalue weighted by Gasteiger charge is -2.02. The monoisotopic (exact) mass is 165 g/mol. The van der Waals surface area contributed by atoms with Crippen molar-refractivity contribution in [2.24, 2.45) is 4.99 Å². The van der Waals surface area contributed by atoms with E-state index < -0.39 is 0 Å². The fraction of sp³-hybridized carbons (Fsp3) is 0. The molecule has 0 spiro atoms. The Morgan fingerprint density at radius 3 is 2.75 bits per heavy atom. The van der Waals surface area contributed by atoms with Gasteiger partial charge in [0.15, 0.2) is 0 Å². The molecule has 0 heterocycles. The Kier molecular flexibility index (Phi) is 6.15. The summed E-state index contributed by atoms with van der Waals surface area (Å²) in [7, 11) is 0. The summed E-state index contributed by atoms with van der Waals surface area (Å²) in [6.45, 7) is 6.80.